The Morgan fingerprint density at radius 2 is 1.78 bits per heavy atom. The van der Waals surface area contributed by atoms with Gasteiger partial charge in [-0.3, -0.25) is 32.9 Å². The number of anilines is 1. The molecule has 6 rings (SSSR count). The van der Waals surface area contributed by atoms with Gasteiger partial charge in [-0.1, -0.05) is 17.5 Å². The van der Waals surface area contributed by atoms with Crippen LogP contribution in [0.4, 0.5) is 11.8 Å². The number of H-pyrrole nitrogens is 1. The zero-order chi connectivity index (χ0) is 39.3. The average molecular weight is 823 g/mol. The number of aromatic amines is 1. The Balaban J connectivity index is 1.05. The van der Waals surface area contributed by atoms with E-state index in [4.69, 9.17) is 31.9 Å². The summed E-state index contributed by atoms with van der Waals surface area (Å²) in [6, 6.07) is 0. The van der Waals surface area contributed by atoms with Crippen molar-refractivity contribution >= 4 is 58.1 Å². The van der Waals surface area contributed by atoms with E-state index in [0.29, 0.717) is 5.70 Å². The fraction of sp³-hybridized carbons (Fsp3) is 0.480. The molecule has 9 atom stereocenters. The van der Waals surface area contributed by atoms with Crippen molar-refractivity contribution in [1.82, 2.24) is 34.3 Å². The number of fused-ring (bicyclic) bond motifs is 2. The van der Waals surface area contributed by atoms with Gasteiger partial charge in [-0.2, -0.15) is 13.6 Å². The Bertz CT molecular complexity index is 2240. The molecule has 3 aromatic heterocycles. The van der Waals surface area contributed by atoms with E-state index in [1.54, 1.807) is 11.9 Å². The van der Waals surface area contributed by atoms with E-state index in [1.165, 1.54) is 26.4 Å². The molecule has 11 N–H and O–H groups in total. The SMILES string of the molecule is C#CCN1CC([n+]2cn(C)c3c(=O)[nH]c(N)nc32)O[C@H](COP(=O)(O)OP(=O)(O)OP(=O)(O)OCC2O[C@@H](n3cnc4c3N=C(N)NC4=C)[C@H](O)[C@@H]2O)C1. The maximum Gasteiger partial charge on any atom is 0.490 e. The number of aliphatic hydroxyl groups excluding tert-OH is 2. The highest BCUT2D eigenvalue weighted by Gasteiger charge is 2.48. The number of aryl methyl sites for hydroxylation is 1. The molecule has 26 nitrogen and oxygen atoms in total. The molecule has 0 aliphatic carbocycles. The van der Waals surface area contributed by atoms with Crippen LogP contribution in [-0.2, 0) is 47.9 Å². The lowest BCUT2D eigenvalue weighted by Crippen LogP contribution is -2.55. The molecule has 0 radical (unpaired) electrons. The van der Waals surface area contributed by atoms with Gasteiger partial charge in [0, 0.05) is 6.54 Å². The summed E-state index contributed by atoms with van der Waals surface area (Å²) in [6.45, 7) is 2.31. The Kier molecular flexibility index (Phi) is 11.1. The number of nitrogens with zero attached hydrogens (tertiary/aromatic N) is 7. The number of hydrogen-bond donors (Lipinski definition) is 9. The lowest BCUT2D eigenvalue weighted by Gasteiger charge is -2.35. The van der Waals surface area contributed by atoms with Crippen molar-refractivity contribution in [2.45, 2.75) is 36.9 Å². The van der Waals surface area contributed by atoms with Crippen LogP contribution in [0.5, 0.6) is 0 Å². The van der Waals surface area contributed by atoms with Gasteiger partial charge in [0.25, 0.3) is 11.5 Å². The molecule has 0 amide bonds. The van der Waals surface area contributed by atoms with Gasteiger partial charge in [0.15, 0.2) is 30.6 Å². The summed E-state index contributed by atoms with van der Waals surface area (Å²) in [5.41, 5.74) is 11.8. The van der Waals surface area contributed by atoms with Crippen molar-refractivity contribution in [1.29, 1.82) is 0 Å². The number of imidazole rings is 2. The number of nitrogens with two attached hydrogens (primary N) is 2. The smallest absolute Gasteiger partial charge is 0.387 e. The van der Waals surface area contributed by atoms with E-state index in [1.807, 2.05) is 0 Å². The van der Waals surface area contributed by atoms with Gasteiger partial charge in [0.1, 0.15) is 24.0 Å². The third-order valence-corrected chi connectivity index (χ3v) is 12.3. The number of nitrogen functional groups attached to an aromatic ring is 1. The highest BCUT2D eigenvalue weighted by atomic mass is 31.3. The number of guanidine groups is 1. The number of rotatable bonds is 13. The summed E-state index contributed by atoms with van der Waals surface area (Å²) >= 11 is 0. The number of phosphoric ester groups is 2. The molecule has 3 aliphatic heterocycles. The summed E-state index contributed by atoms with van der Waals surface area (Å²) in [5.74, 6) is 2.37. The van der Waals surface area contributed by atoms with Crippen LogP contribution in [-0.4, -0.2) is 117 Å². The lowest BCUT2D eigenvalue weighted by molar-refractivity contribution is -0.747. The monoisotopic (exact) mass is 822 g/mol. The van der Waals surface area contributed by atoms with E-state index in [2.05, 4.69) is 50.9 Å². The molecule has 294 valence electrons. The van der Waals surface area contributed by atoms with E-state index >= 15 is 0 Å². The number of nitrogens with one attached hydrogen (secondary N) is 2. The number of hydrogen-bond acceptors (Lipinski definition) is 19. The molecule has 2 saturated heterocycles. The molecule has 0 spiro atoms. The Morgan fingerprint density at radius 3 is 2.46 bits per heavy atom. The molecular formula is C25H35N11O15P3+. The second-order valence-electron chi connectivity index (χ2n) is 12.0. The van der Waals surface area contributed by atoms with Gasteiger partial charge in [-0.25, -0.2) is 23.2 Å². The number of aliphatic imine (C=N–C) groups is 1. The van der Waals surface area contributed by atoms with Gasteiger partial charge >= 0.3 is 29.1 Å². The number of aliphatic hydroxyl groups is 2. The molecule has 0 aromatic carbocycles. The molecule has 5 unspecified atom stereocenters. The minimum absolute atomic E-state index is 0.0386. The topological polar surface area (TPSA) is 360 Å². The van der Waals surface area contributed by atoms with Gasteiger partial charge in [0.2, 0.25) is 5.52 Å². The predicted molar refractivity (Wildman–Crippen MR) is 180 cm³/mol. The minimum atomic E-state index is -5.91. The number of aromatic nitrogens is 6. The Morgan fingerprint density at radius 1 is 1.09 bits per heavy atom. The average Bonchev–Trinajstić information content (AvgIpc) is 3.71. The van der Waals surface area contributed by atoms with Crippen molar-refractivity contribution in [2.24, 2.45) is 17.8 Å². The van der Waals surface area contributed by atoms with Crippen LogP contribution < -0.4 is 26.9 Å². The fourth-order valence-corrected chi connectivity index (χ4v) is 9.40. The summed E-state index contributed by atoms with van der Waals surface area (Å²) in [7, 11) is -15.5. The number of terminal acetylenes is 1. The summed E-state index contributed by atoms with van der Waals surface area (Å²) in [6.07, 6.45) is -0.0100. The molecule has 3 aliphatic rings. The zero-order valence-electron chi connectivity index (χ0n) is 27.9. The summed E-state index contributed by atoms with van der Waals surface area (Å²) in [5, 5.41) is 23.8. The maximum absolute atomic E-state index is 12.7. The zero-order valence-corrected chi connectivity index (χ0v) is 30.6. The Labute approximate surface area is 303 Å². The van der Waals surface area contributed by atoms with E-state index in [-0.39, 0.29) is 54.2 Å². The lowest BCUT2D eigenvalue weighted by atomic mass is 10.1. The first-order valence-corrected chi connectivity index (χ1v) is 19.9. The van der Waals surface area contributed by atoms with Gasteiger partial charge in [0.05, 0.1) is 51.5 Å². The molecule has 29 heteroatoms. The second kappa shape index (κ2) is 15.0. The van der Waals surface area contributed by atoms with Crippen molar-refractivity contribution in [2.75, 3.05) is 38.6 Å². The van der Waals surface area contributed by atoms with Crippen molar-refractivity contribution < 1.29 is 70.3 Å². The number of phosphoric acid groups is 3. The highest BCUT2D eigenvalue weighted by Crippen LogP contribution is 2.67. The largest absolute Gasteiger partial charge is 0.490 e. The van der Waals surface area contributed by atoms with E-state index in [0.717, 1.165) is 0 Å². The van der Waals surface area contributed by atoms with Crippen molar-refractivity contribution in [3.8, 4) is 12.3 Å². The predicted octanol–water partition coefficient (Wildman–Crippen LogP) is -2.63. The molecule has 6 heterocycles. The molecule has 54 heavy (non-hydrogen) atoms. The van der Waals surface area contributed by atoms with Crippen LogP contribution in [0.2, 0.25) is 0 Å². The molecular weight excluding hydrogens is 787 g/mol. The molecule has 0 saturated carbocycles. The van der Waals surface area contributed by atoms with Crippen molar-refractivity contribution in [3.05, 3.63) is 35.3 Å². The standard InChI is InChI=1S/C25H34N11O15P3/c1-4-5-34-6-13(48-15(7-34)36-11-33(3)17-21(36)31-25(27)32-22(17)39)8-46-52(40,41)50-54(44,45)51-53(42,43)47-9-14-18(37)19(38)23(49-14)35-10-28-16-12(2)29-24(26)30-20(16)35/h1,10-11,13-15,18-19,23,37-38H,2,5-9H2,3H3,(H8-,26,27,29,30,31,32,39,40,41,42,43,44,45)/p+1/t13-,14?,15?,18+,19+,23+/m0/s1. The van der Waals surface area contributed by atoms with Crippen LogP contribution >= 0.6 is 23.5 Å². The fourth-order valence-electron chi connectivity index (χ4n) is 5.86. The van der Waals surface area contributed by atoms with E-state index < -0.39 is 79.1 Å². The highest BCUT2D eigenvalue weighted by molar-refractivity contribution is 7.66. The van der Waals surface area contributed by atoms with Gasteiger partial charge in [-0.15, -0.1) is 6.42 Å². The third-order valence-electron chi connectivity index (χ3n) is 8.05. The molecule has 3 aromatic rings. The normalized spacial score (nSPS) is 28.0. The first-order chi connectivity index (χ1) is 25.3. The summed E-state index contributed by atoms with van der Waals surface area (Å²) in [4.78, 5) is 59.4. The van der Waals surface area contributed by atoms with Crippen LogP contribution in [0.3, 0.4) is 0 Å². The number of ether oxygens (including phenoxy) is 2. The van der Waals surface area contributed by atoms with Crippen LogP contribution in [0.1, 0.15) is 18.1 Å². The van der Waals surface area contributed by atoms with Crippen LogP contribution in [0.15, 0.2) is 29.0 Å². The first kappa shape index (κ1) is 39.8. The van der Waals surface area contributed by atoms with Crippen molar-refractivity contribution in [3.63, 3.8) is 0 Å². The van der Waals surface area contributed by atoms with Crippen LogP contribution in [0, 0.1) is 12.3 Å². The minimum Gasteiger partial charge on any atom is -0.387 e. The quantitative estimate of drug-likeness (QED) is 0.0483. The van der Waals surface area contributed by atoms with Gasteiger partial charge in [-0.05, 0) is 0 Å². The second-order valence-corrected chi connectivity index (χ2v) is 16.6. The first-order valence-electron chi connectivity index (χ1n) is 15.4. The van der Waals surface area contributed by atoms with Gasteiger partial charge < -0.3 is 51.2 Å². The Hall–Kier alpha value is -3.86. The number of morpholine rings is 1. The van der Waals surface area contributed by atoms with Crippen LogP contribution in [0.25, 0.3) is 16.9 Å². The van der Waals surface area contributed by atoms with E-state index in [9.17, 15) is 43.4 Å². The maximum atomic E-state index is 12.7. The molecule has 0 bridgehead atoms. The molecule has 2 fully saturated rings. The third kappa shape index (κ3) is 8.51. The summed E-state index contributed by atoms with van der Waals surface area (Å²) < 4.78 is 71.5.